The fourth-order valence-corrected chi connectivity index (χ4v) is 1.88. The molecule has 0 amide bonds. The first-order valence-corrected chi connectivity index (χ1v) is 4.93. The second kappa shape index (κ2) is 4.57. The first-order chi connectivity index (χ1) is 5.33. The molecule has 1 aromatic rings. The maximum absolute atomic E-state index is 10.0. The minimum Gasteiger partial charge on any atom is -0.302 e. The van der Waals surface area contributed by atoms with E-state index in [0.717, 1.165) is 15.7 Å². The van der Waals surface area contributed by atoms with Gasteiger partial charge in [0.2, 0.25) is 0 Å². The predicted octanol–water partition coefficient (Wildman–Crippen LogP) is 2.74. The van der Waals surface area contributed by atoms with Crippen LogP contribution in [0.15, 0.2) is 33.6 Å². The molecule has 0 spiro atoms. The second-order valence-corrected chi connectivity index (χ2v) is 3.94. The summed E-state index contributed by atoms with van der Waals surface area (Å²) in [5.41, 5.74) is 0. The molecular formula is C8H7BrOS. The molecule has 0 radical (unpaired) electrons. The van der Waals surface area contributed by atoms with Crippen molar-refractivity contribution in [3.63, 3.8) is 0 Å². The Bertz CT molecular complexity index is 250. The van der Waals surface area contributed by atoms with Gasteiger partial charge < -0.3 is 4.79 Å². The van der Waals surface area contributed by atoms with E-state index in [9.17, 15) is 4.79 Å². The summed E-state index contributed by atoms with van der Waals surface area (Å²) in [5, 5.41) is 0. The Balaban J connectivity index is 2.63. The van der Waals surface area contributed by atoms with E-state index in [1.165, 1.54) is 11.8 Å². The molecule has 0 aliphatic heterocycles. The summed E-state index contributed by atoms with van der Waals surface area (Å²) in [5.74, 6) is 0.524. The SMILES string of the molecule is O=CCSc1cccc(Br)c1. The molecule has 0 unspecified atom stereocenters. The number of carbonyl (C=O) groups is 1. The molecule has 1 aromatic carbocycles. The maximum atomic E-state index is 10.0. The standard InChI is InChI=1S/C8H7BrOS/c9-7-2-1-3-8(6-7)11-5-4-10/h1-4,6H,5H2. The zero-order valence-electron chi connectivity index (χ0n) is 5.79. The van der Waals surface area contributed by atoms with Crippen LogP contribution in [0.4, 0.5) is 0 Å². The van der Waals surface area contributed by atoms with E-state index in [2.05, 4.69) is 15.9 Å². The molecule has 58 valence electrons. The van der Waals surface area contributed by atoms with Crippen molar-refractivity contribution >= 4 is 34.0 Å². The van der Waals surface area contributed by atoms with Crippen molar-refractivity contribution in [3.05, 3.63) is 28.7 Å². The largest absolute Gasteiger partial charge is 0.302 e. The number of benzene rings is 1. The highest BCUT2D eigenvalue weighted by atomic mass is 79.9. The minimum absolute atomic E-state index is 0.524. The van der Waals surface area contributed by atoms with Gasteiger partial charge in [0.25, 0.3) is 0 Å². The van der Waals surface area contributed by atoms with Crippen LogP contribution in [0, 0.1) is 0 Å². The van der Waals surface area contributed by atoms with Crippen molar-refractivity contribution < 1.29 is 4.79 Å². The second-order valence-electron chi connectivity index (χ2n) is 1.94. The van der Waals surface area contributed by atoms with Crippen molar-refractivity contribution in [1.29, 1.82) is 0 Å². The van der Waals surface area contributed by atoms with Crippen LogP contribution in [-0.4, -0.2) is 12.0 Å². The maximum Gasteiger partial charge on any atom is 0.130 e. The van der Waals surface area contributed by atoms with Gasteiger partial charge in [-0.3, -0.25) is 0 Å². The molecule has 0 saturated carbocycles. The normalized spacial score (nSPS) is 9.55. The van der Waals surface area contributed by atoms with Crippen LogP contribution in [0.1, 0.15) is 0 Å². The molecule has 0 atom stereocenters. The molecule has 11 heavy (non-hydrogen) atoms. The summed E-state index contributed by atoms with van der Waals surface area (Å²) in [6.07, 6.45) is 0.908. The number of thioether (sulfide) groups is 1. The lowest BCUT2D eigenvalue weighted by Gasteiger charge is -1.96. The number of aldehydes is 1. The predicted molar refractivity (Wildman–Crippen MR) is 50.9 cm³/mol. The van der Waals surface area contributed by atoms with E-state index in [1.54, 1.807) is 0 Å². The van der Waals surface area contributed by atoms with Crippen LogP contribution in [0.25, 0.3) is 0 Å². The fraction of sp³-hybridized carbons (Fsp3) is 0.125. The summed E-state index contributed by atoms with van der Waals surface area (Å²) in [6, 6.07) is 7.90. The van der Waals surface area contributed by atoms with Crippen LogP contribution < -0.4 is 0 Å². The Hall–Kier alpha value is -0.280. The van der Waals surface area contributed by atoms with Gasteiger partial charge in [0.15, 0.2) is 0 Å². The van der Waals surface area contributed by atoms with Crippen molar-refractivity contribution in [2.24, 2.45) is 0 Å². The zero-order chi connectivity index (χ0) is 8.10. The number of rotatable bonds is 3. The molecule has 0 N–H and O–H groups in total. The Morgan fingerprint density at radius 3 is 3.00 bits per heavy atom. The average molecular weight is 231 g/mol. The number of halogens is 1. The smallest absolute Gasteiger partial charge is 0.130 e. The first kappa shape index (κ1) is 8.81. The summed E-state index contributed by atoms with van der Waals surface area (Å²) < 4.78 is 1.05. The Kier molecular flexibility index (Phi) is 3.66. The summed E-state index contributed by atoms with van der Waals surface area (Å²) >= 11 is 4.89. The highest BCUT2D eigenvalue weighted by molar-refractivity contribution is 9.10. The van der Waals surface area contributed by atoms with Gasteiger partial charge in [0, 0.05) is 9.37 Å². The molecule has 0 fully saturated rings. The third kappa shape index (κ3) is 3.08. The molecule has 1 nitrogen and oxygen atoms in total. The van der Waals surface area contributed by atoms with E-state index in [0.29, 0.717) is 5.75 Å². The van der Waals surface area contributed by atoms with Gasteiger partial charge in [-0.1, -0.05) is 22.0 Å². The number of hydrogen-bond donors (Lipinski definition) is 0. The number of hydrogen-bond acceptors (Lipinski definition) is 2. The summed E-state index contributed by atoms with van der Waals surface area (Å²) in [4.78, 5) is 11.1. The van der Waals surface area contributed by atoms with Gasteiger partial charge in [0.1, 0.15) is 6.29 Å². The van der Waals surface area contributed by atoms with E-state index in [4.69, 9.17) is 0 Å². The fourth-order valence-electron chi connectivity index (χ4n) is 0.687. The third-order valence-corrected chi connectivity index (χ3v) is 2.50. The van der Waals surface area contributed by atoms with Crippen molar-refractivity contribution in [1.82, 2.24) is 0 Å². The summed E-state index contributed by atoms with van der Waals surface area (Å²) in [7, 11) is 0. The monoisotopic (exact) mass is 230 g/mol. The van der Waals surface area contributed by atoms with Gasteiger partial charge in [-0.15, -0.1) is 11.8 Å². The Morgan fingerprint density at radius 2 is 2.36 bits per heavy atom. The van der Waals surface area contributed by atoms with Gasteiger partial charge in [-0.25, -0.2) is 0 Å². The Morgan fingerprint density at radius 1 is 1.55 bits per heavy atom. The molecule has 3 heteroatoms. The molecular weight excluding hydrogens is 224 g/mol. The molecule has 0 aromatic heterocycles. The van der Waals surface area contributed by atoms with E-state index in [-0.39, 0.29) is 0 Å². The lowest BCUT2D eigenvalue weighted by atomic mass is 10.4. The van der Waals surface area contributed by atoms with E-state index < -0.39 is 0 Å². The topological polar surface area (TPSA) is 17.1 Å². The molecule has 0 bridgehead atoms. The van der Waals surface area contributed by atoms with Crippen LogP contribution in [0.2, 0.25) is 0 Å². The van der Waals surface area contributed by atoms with Crippen molar-refractivity contribution in [3.8, 4) is 0 Å². The van der Waals surface area contributed by atoms with Gasteiger partial charge in [-0.2, -0.15) is 0 Å². The van der Waals surface area contributed by atoms with Crippen LogP contribution >= 0.6 is 27.7 Å². The first-order valence-electron chi connectivity index (χ1n) is 3.15. The quantitative estimate of drug-likeness (QED) is 0.587. The van der Waals surface area contributed by atoms with Gasteiger partial charge >= 0.3 is 0 Å². The third-order valence-electron chi connectivity index (χ3n) is 1.11. The van der Waals surface area contributed by atoms with Crippen LogP contribution in [-0.2, 0) is 4.79 Å². The zero-order valence-corrected chi connectivity index (χ0v) is 8.19. The van der Waals surface area contributed by atoms with Gasteiger partial charge in [-0.05, 0) is 18.2 Å². The van der Waals surface area contributed by atoms with E-state index >= 15 is 0 Å². The highest BCUT2D eigenvalue weighted by Gasteiger charge is 1.92. The van der Waals surface area contributed by atoms with Gasteiger partial charge in [0.05, 0.1) is 5.75 Å². The van der Waals surface area contributed by atoms with Crippen LogP contribution in [0.3, 0.4) is 0 Å². The molecule has 0 saturated heterocycles. The lowest BCUT2D eigenvalue weighted by molar-refractivity contribution is -0.105. The highest BCUT2D eigenvalue weighted by Crippen LogP contribution is 2.20. The minimum atomic E-state index is 0.524. The summed E-state index contributed by atoms with van der Waals surface area (Å²) in [6.45, 7) is 0. The molecule has 0 heterocycles. The van der Waals surface area contributed by atoms with E-state index in [1.807, 2.05) is 24.3 Å². The lowest BCUT2D eigenvalue weighted by Crippen LogP contribution is -1.78. The molecule has 0 aliphatic carbocycles. The average Bonchev–Trinajstić information content (AvgIpc) is 2.01. The van der Waals surface area contributed by atoms with Crippen molar-refractivity contribution in [2.45, 2.75) is 4.90 Å². The van der Waals surface area contributed by atoms with Crippen LogP contribution in [0.5, 0.6) is 0 Å². The molecule has 0 aliphatic rings. The molecule has 1 rings (SSSR count). The number of carbonyl (C=O) groups excluding carboxylic acids is 1. The Labute approximate surface area is 78.3 Å². The van der Waals surface area contributed by atoms with Crippen molar-refractivity contribution in [2.75, 3.05) is 5.75 Å².